The smallest absolute Gasteiger partial charge is 0.337 e. The van der Waals surface area contributed by atoms with E-state index in [0.29, 0.717) is 6.42 Å². The van der Waals surface area contributed by atoms with Gasteiger partial charge >= 0.3 is 5.97 Å². The van der Waals surface area contributed by atoms with E-state index in [1.807, 2.05) is 0 Å². The van der Waals surface area contributed by atoms with Gasteiger partial charge in [-0.05, 0) is 24.6 Å². The van der Waals surface area contributed by atoms with E-state index in [4.69, 9.17) is 0 Å². The predicted octanol–water partition coefficient (Wildman–Crippen LogP) is 3.91. The highest BCUT2D eigenvalue weighted by molar-refractivity contribution is 5.94. The molecule has 116 valence electrons. The Morgan fingerprint density at radius 2 is 1.90 bits per heavy atom. The van der Waals surface area contributed by atoms with E-state index in [9.17, 15) is 14.0 Å². The summed E-state index contributed by atoms with van der Waals surface area (Å²) in [5.74, 6) is -1.38. The number of unbranched alkanes of at least 4 members (excludes halogenated alkanes) is 4. The molecular weight excluding hydrogens is 273 g/mol. The molecular formula is C16H22FNO3. The molecule has 4 nitrogen and oxygen atoms in total. The van der Waals surface area contributed by atoms with Crippen molar-refractivity contribution in [2.24, 2.45) is 0 Å². The van der Waals surface area contributed by atoms with E-state index in [2.05, 4.69) is 17.0 Å². The van der Waals surface area contributed by atoms with Crippen LogP contribution in [0, 0.1) is 5.82 Å². The van der Waals surface area contributed by atoms with Gasteiger partial charge in [-0.25, -0.2) is 9.18 Å². The average molecular weight is 295 g/mol. The van der Waals surface area contributed by atoms with Gasteiger partial charge in [0, 0.05) is 6.42 Å². The minimum absolute atomic E-state index is 0.0106. The Labute approximate surface area is 124 Å². The molecule has 0 saturated carbocycles. The van der Waals surface area contributed by atoms with Gasteiger partial charge in [0.05, 0.1) is 18.4 Å². The lowest BCUT2D eigenvalue weighted by molar-refractivity contribution is -0.116. The minimum Gasteiger partial charge on any atom is -0.465 e. The maximum absolute atomic E-state index is 13.6. The topological polar surface area (TPSA) is 55.4 Å². The highest BCUT2D eigenvalue weighted by Crippen LogP contribution is 2.17. The molecule has 0 radical (unpaired) electrons. The molecule has 0 aromatic heterocycles. The van der Waals surface area contributed by atoms with E-state index in [1.54, 1.807) is 0 Å². The van der Waals surface area contributed by atoms with Crippen LogP contribution in [0.25, 0.3) is 0 Å². The molecule has 1 N–H and O–H groups in total. The number of rotatable bonds is 8. The Morgan fingerprint density at radius 1 is 1.19 bits per heavy atom. The van der Waals surface area contributed by atoms with Gasteiger partial charge in [-0.2, -0.15) is 0 Å². The number of halogens is 1. The van der Waals surface area contributed by atoms with Crippen LogP contribution in [0.15, 0.2) is 18.2 Å². The van der Waals surface area contributed by atoms with Crippen molar-refractivity contribution in [3.05, 3.63) is 29.6 Å². The van der Waals surface area contributed by atoms with Crippen LogP contribution in [0.2, 0.25) is 0 Å². The quantitative estimate of drug-likeness (QED) is 0.584. The normalized spacial score (nSPS) is 10.2. The number of ether oxygens (including phenoxy) is 1. The van der Waals surface area contributed by atoms with Crippen LogP contribution in [-0.4, -0.2) is 19.0 Å². The van der Waals surface area contributed by atoms with Crippen LogP contribution >= 0.6 is 0 Å². The molecule has 0 saturated heterocycles. The fraction of sp³-hybridized carbons (Fsp3) is 0.500. The second-order valence-corrected chi connectivity index (χ2v) is 4.90. The zero-order valence-electron chi connectivity index (χ0n) is 12.6. The third-order valence-corrected chi connectivity index (χ3v) is 3.17. The molecule has 0 heterocycles. The summed E-state index contributed by atoms with van der Waals surface area (Å²) in [5, 5.41) is 2.50. The highest BCUT2D eigenvalue weighted by Gasteiger charge is 2.12. The van der Waals surface area contributed by atoms with Crippen LogP contribution in [0.1, 0.15) is 55.8 Å². The standard InChI is InChI=1S/C16H22FNO3/c1-3-4-5-6-7-8-15(19)18-14-11-12(16(20)21-2)9-10-13(14)17/h9-11H,3-8H2,1-2H3,(H,18,19). The largest absolute Gasteiger partial charge is 0.465 e. The average Bonchev–Trinajstić information content (AvgIpc) is 2.48. The van der Waals surface area contributed by atoms with Gasteiger partial charge in [0.1, 0.15) is 5.82 Å². The molecule has 0 aliphatic rings. The Hall–Kier alpha value is -1.91. The third-order valence-electron chi connectivity index (χ3n) is 3.17. The Morgan fingerprint density at radius 3 is 2.57 bits per heavy atom. The zero-order chi connectivity index (χ0) is 15.7. The Balaban J connectivity index is 2.53. The molecule has 0 atom stereocenters. The van der Waals surface area contributed by atoms with E-state index < -0.39 is 11.8 Å². The van der Waals surface area contributed by atoms with Crippen molar-refractivity contribution in [1.29, 1.82) is 0 Å². The lowest BCUT2D eigenvalue weighted by atomic mass is 10.1. The maximum atomic E-state index is 13.6. The number of amides is 1. The Kier molecular flexibility index (Phi) is 7.43. The number of benzene rings is 1. The fourth-order valence-corrected chi connectivity index (χ4v) is 1.97. The maximum Gasteiger partial charge on any atom is 0.337 e. The number of carbonyl (C=O) groups excluding carboxylic acids is 2. The van der Waals surface area contributed by atoms with E-state index in [1.165, 1.54) is 19.2 Å². The number of nitrogens with one attached hydrogen (secondary N) is 1. The first-order chi connectivity index (χ1) is 10.1. The summed E-state index contributed by atoms with van der Waals surface area (Å²) >= 11 is 0. The molecule has 0 spiro atoms. The SMILES string of the molecule is CCCCCCCC(=O)Nc1cc(C(=O)OC)ccc1F. The zero-order valence-corrected chi connectivity index (χ0v) is 12.6. The van der Waals surface area contributed by atoms with Gasteiger partial charge in [0.25, 0.3) is 0 Å². The van der Waals surface area contributed by atoms with E-state index in [-0.39, 0.29) is 17.2 Å². The van der Waals surface area contributed by atoms with Crippen LogP contribution < -0.4 is 5.32 Å². The van der Waals surface area contributed by atoms with E-state index >= 15 is 0 Å². The molecule has 0 bridgehead atoms. The van der Waals surface area contributed by atoms with Gasteiger partial charge in [-0.1, -0.05) is 32.6 Å². The summed E-state index contributed by atoms with van der Waals surface area (Å²) in [4.78, 5) is 23.1. The van der Waals surface area contributed by atoms with Crippen molar-refractivity contribution < 1.29 is 18.7 Å². The van der Waals surface area contributed by atoms with Gasteiger partial charge in [0.15, 0.2) is 0 Å². The van der Waals surface area contributed by atoms with Crippen molar-refractivity contribution in [3.8, 4) is 0 Å². The van der Waals surface area contributed by atoms with Gasteiger partial charge in [-0.15, -0.1) is 0 Å². The predicted molar refractivity (Wildman–Crippen MR) is 79.7 cm³/mol. The molecule has 1 aromatic carbocycles. The molecule has 0 aliphatic carbocycles. The number of hydrogen-bond acceptors (Lipinski definition) is 3. The summed E-state index contributed by atoms with van der Waals surface area (Å²) in [7, 11) is 1.25. The van der Waals surface area contributed by atoms with Crippen molar-refractivity contribution in [3.63, 3.8) is 0 Å². The molecule has 1 rings (SSSR count). The molecule has 5 heteroatoms. The van der Waals surface area contributed by atoms with Crippen molar-refractivity contribution in [2.45, 2.75) is 45.4 Å². The van der Waals surface area contributed by atoms with Crippen molar-refractivity contribution in [2.75, 3.05) is 12.4 Å². The first-order valence-corrected chi connectivity index (χ1v) is 7.26. The summed E-state index contributed by atoms with van der Waals surface area (Å²) in [5.41, 5.74) is 0.216. The molecule has 1 aromatic rings. The van der Waals surface area contributed by atoms with Crippen LogP contribution in [0.5, 0.6) is 0 Å². The van der Waals surface area contributed by atoms with Gasteiger partial charge in [-0.3, -0.25) is 4.79 Å². The van der Waals surface area contributed by atoms with Crippen molar-refractivity contribution in [1.82, 2.24) is 0 Å². The first-order valence-electron chi connectivity index (χ1n) is 7.26. The molecule has 1 amide bonds. The van der Waals surface area contributed by atoms with E-state index in [0.717, 1.165) is 38.2 Å². The number of anilines is 1. The lowest BCUT2D eigenvalue weighted by Crippen LogP contribution is -2.13. The highest BCUT2D eigenvalue weighted by atomic mass is 19.1. The van der Waals surface area contributed by atoms with Crippen LogP contribution in [-0.2, 0) is 9.53 Å². The molecule has 0 unspecified atom stereocenters. The summed E-state index contributed by atoms with van der Waals surface area (Å²) < 4.78 is 18.2. The van der Waals surface area contributed by atoms with Crippen molar-refractivity contribution >= 4 is 17.6 Å². The fourth-order valence-electron chi connectivity index (χ4n) is 1.97. The second kappa shape index (κ2) is 9.10. The third kappa shape index (κ3) is 5.94. The summed E-state index contributed by atoms with van der Waals surface area (Å²) in [6.45, 7) is 2.13. The van der Waals surface area contributed by atoms with Gasteiger partial charge < -0.3 is 10.1 Å². The summed E-state index contributed by atoms with van der Waals surface area (Å²) in [6, 6.07) is 3.75. The summed E-state index contributed by atoms with van der Waals surface area (Å²) in [6.07, 6.45) is 5.55. The lowest BCUT2D eigenvalue weighted by Gasteiger charge is -2.08. The van der Waals surface area contributed by atoms with Gasteiger partial charge in [0.2, 0.25) is 5.91 Å². The first kappa shape index (κ1) is 17.1. The van der Waals surface area contributed by atoms with Crippen LogP contribution in [0.3, 0.4) is 0 Å². The number of carbonyl (C=O) groups is 2. The molecule has 21 heavy (non-hydrogen) atoms. The second-order valence-electron chi connectivity index (χ2n) is 4.90. The number of methoxy groups -OCH3 is 1. The minimum atomic E-state index is -0.568. The monoisotopic (exact) mass is 295 g/mol. The van der Waals surface area contributed by atoms with Crippen LogP contribution in [0.4, 0.5) is 10.1 Å². The Bertz CT molecular complexity index is 488. The number of esters is 1. The molecule has 0 aliphatic heterocycles. The molecule has 0 fully saturated rings. The number of hydrogen-bond donors (Lipinski definition) is 1.